The normalized spacial score (nSPS) is 18.8. The number of hydrogen-bond donors (Lipinski definition) is 0. The van der Waals surface area contributed by atoms with Crippen molar-refractivity contribution < 1.29 is 4.74 Å². The fraction of sp³-hybridized carbons (Fsp3) is 0.464. The van der Waals surface area contributed by atoms with Gasteiger partial charge in [-0.05, 0) is 49.5 Å². The van der Waals surface area contributed by atoms with Gasteiger partial charge in [-0.25, -0.2) is 4.98 Å². The summed E-state index contributed by atoms with van der Waals surface area (Å²) in [6.45, 7) is 10.6. The van der Waals surface area contributed by atoms with Gasteiger partial charge in [0.1, 0.15) is 11.3 Å². The topological polar surface area (TPSA) is 67.9 Å². The number of morpholine rings is 1. The number of aromatic nitrogens is 4. The van der Waals surface area contributed by atoms with Gasteiger partial charge in [0.25, 0.3) is 5.56 Å². The van der Waals surface area contributed by atoms with Crippen molar-refractivity contribution in [2.75, 3.05) is 44.3 Å². The molecule has 0 bridgehead atoms. The van der Waals surface area contributed by atoms with E-state index < -0.39 is 0 Å². The number of ether oxygens (including phenoxy) is 1. The lowest BCUT2D eigenvalue weighted by Crippen LogP contribution is -2.37. The molecule has 36 heavy (non-hydrogen) atoms. The SMILES string of the molecule is Cn1c(-c2nc3ccccn3c2CN2CCC(C)(C)CC2)cc2c(N3CCOCC3)cncc2c1=O. The molecule has 6 rings (SSSR count). The Morgan fingerprint density at radius 1 is 1.03 bits per heavy atom. The molecular formula is C28H34N6O2. The monoisotopic (exact) mass is 486 g/mol. The van der Waals surface area contributed by atoms with E-state index in [-0.39, 0.29) is 5.56 Å². The molecule has 6 heterocycles. The Hall–Kier alpha value is -3.23. The average molecular weight is 487 g/mol. The van der Waals surface area contributed by atoms with E-state index in [2.05, 4.69) is 45.3 Å². The van der Waals surface area contributed by atoms with Crippen LogP contribution in [0.4, 0.5) is 5.69 Å². The minimum atomic E-state index is -0.0483. The zero-order valence-corrected chi connectivity index (χ0v) is 21.4. The third-order valence-electron chi connectivity index (χ3n) is 7.95. The number of piperidine rings is 1. The number of likely N-dealkylation sites (tertiary alicyclic amines) is 1. The van der Waals surface area contributed by atoms with E-state index in [0.717, 1.165) is 66.5 Å². The first-order valence-corrected chi connectivity index (χ1v) is 12.9. The molecule has 2 fully saturated rings. The quantitative estimate of drug-likeness (QED) is 0.438. The Kier molecular flexibility index (Phi) is 5.80. The number of rotatable bonds is 4. The number of nitrogens with zero attached hydrogens (tertiary/aromatic N) is 6. The van der Waals surface area contributed by atoms with Gasteiger partial charge in [0.2, 0.25) is 0 Å². The third-order valence-corrected chi connectivity index (χ3v) is 7.95. The average Bonchev–Trinajstić information content (AvgIpc) is 3.25. The molecular weight excluding hydrogens is 452 g/mol. The molecule has 4 aromatic heterocycles. The number of anilines is 1. The lowest BCUT2D eigenvalue weighted by atomic mass is 9.82. The summed E-state index contributed by atoms with van der Waals surface area (Å²) in [7, 11) is 1.84. The van der Waals surface area contributed by atoms with Crippen LogP contribution in [0.2, 0.25) is 0 Å². The highest BCUT2D eigenvalue weighted by Crippen LogP contribution is 2.33. The summed E-state index contributed by atoms with van der Waals surface area (Å²) in [6, 6.07) is 8.23. The predicted octanol–water partition coefficient (Wildman–Crippen LogP) is 3.71. The molecule has 0 unspecified atom stereocenters. The molecule has 0 atom stereocenters. The fourth-order valence-corrected chi connectivity index (χ4v) is 5.52. The summed E-state index contributed by atoms with van der Waals surface area (Å²) in [5.74, 6) is 0. The van der Waals surface area contributed by atoms with Gasteiger partial charge in [-0.15, -0.1) is 0 Å². The van der Waals surface area contributed by atoms with Crippen LogP contribution in [-0.2, 0) is 18.3 Å². The molecule has 0 saturated carbocycles. The van der Waals surface area contributed by atoms with E-state index in [1.807, 2.05) is 31.4 Å². The van der Waals surface area contributed by atoms with Crippen LogP contribution < -0.4 is 10.5 Å². The Morgan fingerprint density at radius 2 is 1.81 bits per heavy atom. The summed E-state index contributed by atoms with van der Waals surface area (Å²) >= 11 is 0. The molecule has 0 N–H and O–H groups in total. The maximum absolute atomic E-state index is 13.6. The first-order valence-electron chi connectivity index (χ1n) is 12.9. The first kappa shape index (κ1) is 23.2. The smallest absolute Gasteiger partial charge is 0.260 e. The summed E-state index contributed by atoms with van der Waals surface area (Å²) in [6.07, 6.45) is 8.01. The van der Waals surface area contributed by atoms with Crippen molar-refractivity contribution in [1.29, 1.82) is 0 Å². The Balaban J connectivity index is 1.50. The standard InChI is InChI=1S/C28H34N6O2/c1-28(2)7-10-32(11-8-28)19-24-26(30-25-6-4-5-9-34(24)25)22-16-20-21(27(35)31(22)3)17-29-18-23(20)33-12-14-36-15-13-33/h4-6,9,16-18H,7-8,10-15,19H2,1-3H3. The molecule has 4 aromatic rings. The van der Waals surface area contributed by atoms with Gasteiger partial charge < -0.3 is 18.6 Å². The molecule has 2 aliphatic rings. The van der Waals surface area contributed by atoms with E-state index in [1.165, 1.54) is 12.8 Å². The summed E-state index contributed by atoms with van der Waals surface area (Å²) < 4.78 is 9.47. The fourth-order valence-electron chi connectivity index (χ4n) is 5.52. The van der Waals surface area contributed by atoms with Gasteiger partial charge in [0.15, 0.2) is 0 Å². The van der Waals surface area contributed by atoms with Gasteiger partial charge in [-0.3, -0.25) is 14.7 Å². The Bertz CT molecular complexity index is 1470. The van der Waals surface area contributed by atoms with Crippen LogP contribution in [-0.4, -0.2) is 63.2 Å². The van der Waals surface area contributed by atoms with E-state index in [1.54, 1.807) is 10.8 Å². The highest BCUT2D eigenvalue weighted by Gasteiger charge is 2.28. The maximum Gasteiger partial charge on any atom is 0.260 e. The second kappa shape index (κ2) is 9.01. The van der Waals surface area contributed by atoms with Crippen LogP contribution in [0.3, 0.4) is 0 Å². The van der Waals surface area contributed by atoms with Crippen molar-refractivity contribution in [1.82, 2.24) is 23.8 Å². The first-order chi connectivity index (χ1) is 17.4. The molecule has 188 valence electrons. The minimum absolute atomic E-state index is 0.0483. The number of imidazole rings is 1. The highest BCUT2D eigenvalue weighted by atomic mass is 16.5. The van der Waals surface area contributed by atoms with E-state index >= 15 is 0 Å². The zero-order valence-electron chi connectivity index (χ0n) is 21.4. The number of hydrogen-bond acceptors (Lipinski definition) is 6. The summed E-state index contributed by atoms with van der Waals surface area (Å²) in [5.41, 5.74) is 5.06. The third kappa shape index (κ3) is 4.08. The number of pyridine rings is 3. The van der Waals surface area contributed by atoms with Gasteiger partial charge in [0.05, 0.1) is 41.9 Å². The van der Waals surface area contributed by atoms with E-state index in [0.29, 0.717) is 24.0 Å². The molecule has 0 radical (unpaired) electrons. The lowest BCUT2D eigenvalue weighted by Gasteiger charge is -2.36. The lowest BCUT2D eigenvalue weighted by molar-refractivity contribution is 0.123. The van der Waals surface area contributed by atoms with Crippen LogP contribution in [0.1, 0.15) is 32.4 Å². The van der Waals surface area contributed by atoms with Crippen molar-refractivity contribution >= 4 is 22.1 Å². The van der Waals surface area contributed by atoms with Gasteiger partial charge >= 0.3 is 0 Å². The molecule has 0 aromatic carbocycles. The van der Waals surface area contributed by atoms with Crippen molar-refractivity contribution in [3.05, 3.63) is 58.9 Å². The minimum Gasteiger partial charge on any atom is -0.378 e. The van der Waals surface area contributed by atoms with Crippen LogP contribution >= 0.6 is 0 Å². The number of fused-ring (bicyclic) bond motifs is 2. The molecule has 0 spiro atoms. The van der Waals surface area contributed by atoms with Crippen LogP contribution in [0.15, 0.2) is 47.7 Å². The molecule has 2 aliphatic heterocycles. The maximum atomic E-state index is 13.6. The van der Waals surface area contributed by atoms with Gasteiger partial charge in [-0.2, -0.15) is 0 Å². The van der Waals surface area contributed by atoms with Gasteiger partial charge in [-0.1, -0.05) is 19.9 Å². The van der Waals surface area contributed by atoms with Crippen LogP contribution in [0.25, 0.3) is 27.8 Å². The molecule has 8 heteroatoms. The van der Waals surface area contributed by atoms with Crippen LogP contribution in [0.5, 0.6) is 0 Å². The van der Waals surface area contributed by atoms with Crippen molar-refractivity contribution in [3.8, 4) is 11.4 Å². The summed E-state index contributed by atoms with van der Waals surface area (Å²) in [5, 5.41) is 1.56. The molecule has 0 amide bonds. The Morgan fingerprint density at radius 3 is 2.58 bits per heavy atom. The van der Waals surface area contributed by atoms with Crippen molar-refractivity contribution in [3.63, 3.8) is 0 Å². The van der Waals surface area contributed by atoms with Gasteiger partial charge in [0, 0.05) is 44.5 Å². The molecule has 0 aliphatic carbocycles. The van der Waals surface area contributed by atoms with E-state index in [9.17, 15) is 4.79 Å². The Labute approximate surface area is 211 Å². The second-order valence-corrected chi connectivity index (χ2v) is 10.9. The molecule has 8 nitrogen and oxygen atoms in total. The zero-order chi connectivity index (χ0) is 24.9. The van der Waals surface area contributed by atoms with E-state index in [4.69, 9.17) is 9.72 Å². The molecule has 2 saturated heterocycles. The van der Waals surface area contributed by atoms with Crippen LogP contribution in [0, 0.1) is 5.41 Å². The highest BCUT2D eigenvalue weighted by molar-refractivity contribution is 5.95. The van der Waals surface area contributed by atoms with Crippen molar-refractivity contribution in [2.24, 2.45) is 12.5 Å². The predicted molar refractivity (Wildman–Crippen MR) is 142 cm³/mol. The van der Waals surface area contributed by atoms with Crippen molar-refractivity contribution in [2.45, 2.75) is 33.2 Å². The second-order valence-electron chi connectivity index (χ2n) is 10.9. The summed E-state index contributed by atoms with van der Waals surface area (Å²) in [4.78, 5) is 27.8. The largest absolute Gasteiger partial charge is 0.378 e.